The van der Waals surface area contributed by atoms with Crippen molar-refractivity contribution in [3.05, 3.63) is 58.2 Å². The highest BCUT2D eigenvalue weighted by Gasteiger charge is 2.42. The van der Waals surface area contributed by atoms with Crippen molar-refractivity contribution in [2.45, 2.75) is 32.8 Å². The summed E-state index contributed by atoms with van der Waals surface area (Å²) < 4.78 is 45.7. The van der Waals surface area contributed by atoms with Crippen LogP contribution < -0.4 is 0 Å². The van der Waals surface area contributed by atoms with Crippen molar-refractivity contribution in [3.63, 3.8) is 0 Å². The maximum absolute atomic E-state index is 13.6. The summed E-state index contributed by atoms with van der Waals surface area (Å²) >= 11 is 0. The Kier molecular flexibility index (Phi) is 6.15. The molecule has 1 unspecified atom stereocenters. The SMILES string of the molecule is C=N/C(=C\C=C(/C)C(O)(c1cc(C)c(F)cc1C)C(F)F)OC. The van der Waals surface area contributed by atoms with Crippen LogP contribution in [-0.4, -0.2) is 25.4 Å². The number of halogens is 3. The first-order valence-corrected chi connectivity index (χ1v) is 6.86. The number of nitrogens with zero attached hydrogens (tertiary/aromatic N) is 1. The van der Waals surface area contributed by atoms with Crippen LogP contribution in [-0.2, 0) is 10.3 Å². The molecule has 1 aromatic rings. The summed E-state index contributed by atoms with van der Waals surface area (Å²) in [7, 11) is 1.36. The summed E-state index contributed by atoms with van der Waals surface area (Å²) in [6, 6.07) is 2.37. The summed E-state index contributed by atoms with van der Waals surface area (Å²) in [5.74, 6) is -0.394. The van der Waals surface area contributed by atoms with E-state index in [4.69, 9.17) is 4.74 Å². The lowest BCUT2D eigenvalue weighted by Crippen LogP contribution is -2.36. The van der Waals surface area contributed by atoms with E-state index in [-0.39, 0.29) is 28.1 Å². The number of hydrogen-bond acceptors (Lipinski definition) is 3. The van der Waals surface area contributed by atoms with Gasteiger partial charge < -0.3 is 9.84 Å². The fourth-order valence-corrected chi connectivity index (χ4v) is 2.20. The molecule has 0 radical (unpaired) electrons. The third-order valence-corrected chi connectivity index (χ3v) is 3.67. The number of alkyl halides is 2. The van der Waals surface area contributed by atoms with E-state index >= 15 is 0 Å². The zero-order valence-electron chi connectivity index (χ0n) is 13.5. The van der Waals surface area contributed by atoms with Crippen LogP contribution >= 0.6 is 0 Å². The predicted molar refractivity (Wildman–Crippen MR) is 84.2 cm³/mol. The number of aliphatic imine (C=N–C) groups is 1. The predicted octanol–water partition coefficient (Wildman–Crippen LogP) is 4.03. The minimum Gasteiger partial charge on any atom is -0.481 e. The Balaban J connectivity index is 3.50. The molecule has 1 atom stereocenters. The third-order valence-electron chi connectivity index (χ3n) is 3.67. The minimum atomic E-state index is -3.10. The standard InChI is InChI=1S/C17H20F3NO2/c1-10-9-14(18)11(2)8-13(10)17(22,16(19)20)12(3)6-7-15(21-4)23-5/h6-9,16,22H,4H2,1-3,5H3/b12-6+,15-7+. The molecule has 0 fully saturated rings. The second-order valence-corrected chi connectivity index (χ2v) is 5.20. The molecule has 1 aromatic carbocycles. The second kappa shape index (κ2) is 7.46. The normalized spacial score (nSPS) is 15.5. The first-order valence-electron chi connectivity index (χ1n) is 6.86. The van der Waals surface area contributed by atoms with Gasteiger partial charge in [-0.25, -0.2) is 18.2 Å². The van der Waals surface area contributed by atoms with Crippen molar-refractivity contribution in [3.8, 4) is 0 Å². The van der Waals surface area contributed by atoms with Crippen molar-refractivity contribution >= 4 is 6.72 Å². The lowest BCUT2D eigenvalue weighted by atomic mass is 9.83. The Bertz CT molecular complexity index is 653. The zero-order chi connectivity index (χ0) is 17.8. The zero-order valence-corrected chi connectivity index (χ0v) is 13.5. The molecular weight excluding hydrogens is 307 g/mol. The molecule has 23 heavy (non-hydrogen) atoms. The number of ether oxygens (including phenoxy) is 1. The molecular formula is C17H20F3NO2. The van der Waals surface area contributed by atoms with Gasteiger partial charge in [-0.3, -0.25) is 0 Å². The number of benzene rings is 1. The van der Waals surface area contributed by atoms with Crippen molar-refractivity contribution < 1.29 is 23.0 Å². The summed E-state index contributed by atoms with van der Waals surface area (Å²) in [5.41, 5.74) is -2.20. The smallest absolute Gasteiger partial charge is 0.274 e. The molecule has 0 heterocycles. The first-order chi connectivity index (χ1) is 10.7. The molecule has 0 bridgehead atoms. The van der Waals surface area contributed by atoms with Crippen LogP contribution in [0.3, 0.4) is 0 Å². The van der Waals surface area contributed by atoms with E-state index in [1.165, 1.54) is 46.1 Å². The first kappa shape index (κ1) is 19.0. The van der Waals surface area contributed by atoms with Crippen LogP contribution in [0.5, 0.6) is 0 Å². The second-order valence-electron chi connectivity index (χ2n) is 5.20. The molecule has 126 valence electrons. The van der Waals surface area contributed by atoms with Crippen molar-refractivity contribution in [1.29, 1.82) is 0 Å². The van der Waals surface area contributed by atoms with Gasteiger partial charge in [-0.15, -0.1) is 0 Å². The molecule has 0 spiro atoms. The van der Waals surface area contributed by atoms with Crippen LogP contribution in [0.4, 0.5) is 13.2 Å². The molecule has 0 saturated heterocycles. The maximum atomic E-state index is 13.6. The molecule has 0 aromatic heterocycles. The average molecular weight is 327 g/mol. The van der Waals surface area contributed by atoms with Crippen LogP contribution in [0.2, 0.25) is 0 Å². The number of rotatable bonds is 6. The minimum absolute atomic E-state index is 0.0280. The summed E-state index contributed by atoms with van der Waals surface area (Å²) in [4.78, 5) is 3.55. The number of aliphatic hydroxyl groups is 1. The van der Waals surface area contributed by atoms with E-state index in [9.17, 15) is 18.3 Å². The van der Waals surface area contributed by atoms with Crippen LogP contribution in [0.15, 0.2) is 40.7 Å². The quantitative estimate of drug-likeness (QED) is 0.487. The maximum Gasteiger partial charge on any atom is 0.274 e. The fourth-order valence-electron chi connectivity index (χ4n) is 2.20. The van der Waals surface area contributed by atoms with E-state index in [2.05, 4.69) is 11.7 Å². The summed E-state index contributed by atoms with van der Waals surface area (Å²) in [5, 5.41) is 10.6. The summed E-state index contributed by atoms with van der Waals surface area (Å²) in [6.07, 6.45) is -0.502. The average Bonchev–Trinajstić information content (AvgIpc) is 2.50. The number of aryl methyl sites for hydroxylation is 2. The fraction of sp³-hybridized carbons (Fsp3) is 0.353. The molecule has 6 heteroatoms. The van der Waals surface area contributed by atoms with E-state index in [0.29, 0.717) is 0 Å². The lowest BCUT2D eigenvalue weighted by molar-refractivity contribution is -0.0750. The van der Waals surface area contributed by atoms with E-state index in [1.54, 1.807) is 0 Å². The topological polar surface area (TPSA) is 41.8 Å². The monoisotopic (exact) mass is 327 g/mol. The van der Waals surface area contributed by atoms with Crippen molar-refractivity contribution in [1.82, 2.24) is 0 Å². The van der Waals surface area contributed by atoms with Gasteiger partial charge in [0.2, 0.25) is 5.88 Å². The van der Waals surface area contributed by atoms with E-state index < -0.39 is 17.8 Å². The van der Waals surface area contributed by atoms with Crippen LogP contribution in [0.1, 0.15) is 23.6 Å². The Hall–Kier alpha value is -2.08. The third kappa shape index (κ3) is 3.82. The van der Waals surface area contributed by atoms with Gasteiger partial charge in [0.1, 0.15) is 5.82 Å². The Morgan fingerprint density at radius 2 is 1.91 bits per heavy atom. The van der Waals surface area contributed by atoms with Crippen molar-refractivity contribution in [2.24, 2.45) is 4.99 Å². The Labute approximate surface area is 133 Å². The van der Waals surface area contributed by atoms with Gasteiger partial charge in [0.15, 0.2) is 5.60 Å². The van der Waals surface area contributed by atoms with Gasteiger partial charge in [-0.05, 0) is 61.9 Å². The molecule has 0 aliphatic rings. The van der Waals surface area contributed by atoms with Gasteiger partial charge in [-0.1, -0.05) is 6.08 Å². The van der Waals surface area contributed by atoms with Crippen LogP contribution in [0, 0.1) is 19.7 Å². The molecule has 0 aliphatic carbocycles. The highest BCUT2D eigenvalue weighted by Crippen LogP contribution is 2.38. The number of allylic oxidation sites excluding steroid dienone is 2. The van der Waals surface area contributed by atoms with E-state index in [1.807, 2.05) is 0 Å². The highest BCUT2D eigenvalue weighted by molar-refractivity contribution is 5.42. The van der Waals surface area contributed by atoms with Gasteiger partial charge >= 0.3 is 0 Å². The van der Waals surface area contributed by atoms with Gasteiger partial charge in [0, 0.05) is 6.08 Å². The number of methoxy groups -OCH3 is 1. The van der Waals surface area contributed by atoms with Gasteiger partial charge in [0.25, 0.3) is 6.43 Å². The Morgan fingerprint density at radius 3 is 2.39 bits per heavy atom. The van der Waals surface area contributed by atoms with Crippen LogP contribution in [0.25, 0.3) is 0 Å². The highest BCUT2D eigenvalue weighted by atomic mass is 19.3. The summed E-state index contributed by atoms with van der Waals surface area (Å²) in [6.45, 7) is 7.56. The Morgan fingerprint density at radius 1 is 1.30 bits per heavy atom. The number of hydrogen-bond donors (Lipinski definition) is 1. The lowest BCUT2D eigenvalue weighted by Gasteiger charge is -2.30. The molecule has 0 saturated carbocycles. The molecule has 1 rings (SSSR count). The molecule has 1 N–H and O–H groups in total. The largest absolute Gasteiger partial charge is 0.481 e. The van der Waals surface area contributed by atoms with Gasteiger partial charge in [0.05, 0.1) is 7.11 Å². The van der Waals surface area contributed by atoms with Crippen molar-refractivity contribution in [2.75, 3.05) is 7.11 Å². The molecule has 3 nitrogen and oxygen atoms in total. The van der Waals surface area contributed by atoms with Gasteiger partial charge in [-0.2, -0.15) is 0 Å². The molecule has 0 amide bonds. The molecule has 0 aliphatic heterocycles. The van der Waals surface area contributed by atoms with E-state index in [0.717, 1.165) is 6.07 Å².